The first kappa shape index (κ1) is 17.3. The van der Waals surface area contributed by atoms with Crippen LogP contribution in [0.5, 0.6) is 0 Å². The van der Waals surface area contributed by atoms with Gasteiger partial charge in [-0.3, -0.25) is 0 Å². The summed E-state index contributed by atoms with van der Waals surface area (Å²) in [4.78, 5) is 0. The van der Waals surface area contributed by atoms with Gasteiger partial charge in [-0.05, 0) is 56.3 Å². The van der Waals surface area contributed by atoms with Gasteiger partial charge in [-0.2, -0.15) is 0 Å². The summed E-state index contributed by atoms with van der Waals surface area (Å²) in [6, 6.07) is 40.5. The van der Waals surface area contributed by atoms with Gasteiger partial charge in [0.2, 0.25) is 0 Å². The van der Waals surface area contributed by atoms with Gasteiger partial charge in [0.25, 0.3) is 0 Å². The number of nitrogens with two attached hydrogens (primary N) is 1. The minimum absolute atomic E-state index is 0.783. The van der Waals surface area contributed by atoms with E-state index in [1.54, 1.807) is 0 Å². The van der Waals surface area contributed by atoms with Crippen LogP contribution < -0.4 is 5.73 Å². The molecule has 0 saturated heterocycles. The van der Waals surface area contributed by atoms with E-state index in [2.05, 4.69) is 103 Å². The monoisotopic (exact) mass is 371 g/mol. The lowest BCUT2D eigenvalue weighted by Gasteiger charge is -2.12. The number of nitrogen functional groups attached to an aromatic ring is 1. The van der Waals surface area contributed by atoms with Gasteiger partial charge >= 0.3 is 0 Å². The number of hydrogen-bond donors (Lipinski definition) is 1. The van der Waals surface area contributed by atoms with Crippen LogP contribution in [0.1, 0.15) is 0 Å². The van der Waals surface area contributed by atoms with Crippen molar-refractivity contribution in [3.63, 3.8) is 0 Å². The standard InChI is InChI=1S/C28H21N/c29-24-18-16-23(17-19-24)27-10-4-3-9-26(27)21-12-14-22(15-13-21)28-11-5-7-20-6-1-2-8-25(20)28/h1-19H,29H2. The summed E-state index contributed by atoms with van der Waals surface area (Å²) in [7, 11) is 0. The van der Waals surface area contributed by atoms with Crippen LogP contribution in [-0.2, 0) is 0 Å². The highest BCUT2D eigenvalue weighted by atomic mass is 14.5. The van der Waals surface area contributed by atoms with Crippen LogP contribution >= 0.6 is 0 Å². The molecule has 0 fully saturated rings. The van der Waals surface area contributed by atoms with Gasteiger partial charge in [-0.15, -0.1) is 0 Å². The third-order valence-corrected chi connectivity index (χ3v) is 5.45. The lowest BCUT2D eigenvalue weighted by Crippen LogP contribution is -1.87. The summed E-state index contributed by atoms with van der Waals surface area (Å²) >= 11 is 0. The van der Waals surface area contributed by atoms with E-state index in [1.807, 2.05) is 12.1 Å². The van der Waals surface area contributed by atoms with Crippen molar-refractivity contribution in [2.24, 2.45) is 0 Å². The van der Waals surface area contributed by atoms with Gasteiger partial charge in [0.15, 0.2) is 0 Å². The second kappa shape index (κ2) is 7.29. The maximum absolute atomic E-state index is 5.87. The Morgan fingerprint density at radius 1 is 0.379 bits per heavy atom. The number of anilines is 1. The molecular weight excluding hydrogens is 350 g/mol. The van der Waals surface area contributed by atoms with Crippen molar-refractivity contribution in [1.82, 2.24) is 0 Å². The van der Waals surface area contributed by atoms with Crippen LogP contribution in [-0.4, -0.2) is 0 Å². The van der Waals surface area contributed by atoms with Crippen molar-refractivity contribution in [1.29, 1.82) is 0 Å². The summed E-state index contributed by atoms with van der Waals surface area (Å²) in [5.41, 5.74) is 14.0. The predicted molar refractivity (Wildman–Crippen MR) is 125 cm³/mol. The van der Waals surface area contributed by atoms with Crippen molar-refractivity contribution in [2.45, 2.75) is 0 Å². The Morgan fingerprint density at radius 3 is 1.48 bits per heavy atom. The molecule has 5 aromatic carbocycles. The molecule has 0 amide bonds. The average molecular weight is 371 g/mol. The molecule has 29 heavy (non-hydrogen) atoms. The highest BCUT2D eigenvalue weighted by molar-refractivity contribution is 5.97. The Kier molecular flexibility index (Phi) is 4.34. The molecule has 0 atom stereocenters. The fraction of sp³-hybridized carbons (Fsp3) is 0. The predicted octanol–water partition coefficient (Wildman–Crippen LogP) is 7.42. The summed E-state index contributed by atoms with van der Waals surface area (Å²) in [5, 5.41) is 2.55. The fourth-order valence-electron chi connectivity index (χ4n) is 3.96. The van der Waals surface area contributed by atoms with Crippen LogP contribution in [0.4, 0.5) is 5.69 Å². The lowest BCUT2D eigenvalue weighted by atomic mass is 9.92. The molecule has 138 valence electrons. The molecule has 0 aliphatic heterocycles. The molecule has 1 heteroatoms. The van der Waals surface area contributed by atoms with Gasteiger partial charge in [0, 0.05) is 5.69 Å². The smallest absolute Gasteiger partial charge is 0.0314 e. The zero-order valence-electron chi connectivity index (χ0n) is 16.0. The summed E-state index contributed by atoms with van der Waals surface area (Å²) in [6.45, 7) is 0. The Hall–Kier alpha value is -3.84. The first-order chi connectivity index (χ1) is 14.3. The van der Waals surface area contributed by atoms with Gasteiger partial charge in [0.05, 0.1) is 0 Å². The SMILES string of the molecule is Nc1ccc(-c2ccccc2-c2ccc(-c3cccc4ccccc34)cc2)cc1. The zero-order valence-corrected chi connectivity index (χ0v) is 16.0. The quantitative estimate of drug-likeness (QED) is 0.328. The molecule has 5 rings (SSSR count). The highest BCUT2D eigenvalue weighted by Gasteiger charge is 2.08. The van der Waals surface area contributed by atoms with E-state index in [9.17, 15) is 0 Å². The van der Waals surface area contributed by atoms with Crippen LogP contribution in [0.25, 0.3) is 44.2 Å². The van der Waals surface area contributed by atoms with Gasteiger partial charge in [-0.1, -0.05) is 103 Å². The molecule has 0 heterocycles. The second-order valence-corrected chi connectivity index (χ2v) is 7.27. The highest BCUT2D eigenvalue weighted by Crippen LogP contribution is 2.34. The number of rotatable bonds is 3. The van der Waals surface area contributed by atoms with Crippen LogP contribution in [0.15, 0.2) is 115 Å². The van der Waals surface area contributed by atoms with E-state index < -0.39 is 0 Å². The van der Waals surface area contributed by atoms with E-state index >= 15 is 0 Å². The van der Waals surface area contributed by atoms with E-state index in [0.717, 1.165) is 5.69 Å². The van der Waals surface area contributed by atoms with Gasteiger partial charge < -0.3 is 5.73 Å². The minimum Gasteiger partial charge on any atom is -0.399 e. The van der Waals surface area contributed by atoms with Crippen LogP contribution in [0.3, 0.4) is 0 Å². The maximum Gasteiger partial charge on any atom is 0.0314 e. The molecule has 0 saturated carbocycles. The lowest BCUT2D eigenvalue weighted by molar-refractivity contribution is 1.57. The van der Waals surface area contributed by atoms with Gasteiger partial charge in [-0.25, -0.2) is 0 Å². The Labute approximate surface area is 171 Å². The molecule has 0 bridgehead atoms. The Balaban J connectivity index is 1.57. The van der Waals surface area contributed by atoms with E-state index in [1.165, 1.54) is 44.2 Å². The van der Waals surface area contributed by atoms with Crippen LogP contribution in [0.2, 0.25) is 0 Å². The molecule has 5 aromatic rings. The molecule has 0 aliphatic rings. The van der Waals surface area contributed by atoms with Crippen molar-refractivity contribution >= 4 is 16.5 Å². The fourth-order valence-corrected chi connectivity index (χ4v) is 3.96. The number of fused-ring (bicyclic) bond motifs is 1. The number of benzene rings is 5. The molecule has 0 aliphatic carbocycles. The molecule has 2 N–H and O–H groups in total. The first-order valence-corrected chi connectivity index (χ1v) is 9.83. The second-order valence-electron chi connectivity index (χ2n) is 7.27. The van der Waals surface area contributed by atoms with E-state index in [0.29, 0.717) is 0 Å². The average Bonchev–Trinajstić information content (AvgIpc) is 2.79. The van der Waals surface area contributed by atoms with E-state index in [-0.39, 0.29) is 0 Å². The summed E-state index contributed by atoms with van der Waals surface area (Å²) in [6.07, 6.45) is 0. The van der Waals surface area contributed by atoms with Crippen molar-refractivity contribution in [3.8, 4) is 33.4 Å². The largest absolute Gasteiger partial charge is 0.399 e. The Bertz CT molecular complexity index is 1280. The normalized spacial score (nSPS) is 10.9. The molecule has 1 nitrogen and oxygen atoms in total. The minimum atomic E-state index is 0.783. The third kappa shape index (κ3) is 3.28. The maximum atomic E-state index is 5.87. The topological polar surface area (TPSA) is 26.0 Å². The van der Waals surface area contributed by atoms with Crippen molar-refractivity contribution in [3.05, 3.63) is 115 Å². The number of hydrogen-bond acceptors (Lipinski definition) is 1. The molecular formula is C28H21N. The Morgan fingerprint density at radius 2 is 0.828 bits per heavy atom. The van der Waals surface area contributed by atoms with Crippen LogP contribution in [0, 0.1) is 0 Å². The van der Waals surface area contributed by atoms with E-state index in [4.69, 9.17) is 5.73 Å². The molecule has 0 aromatic heterocycles. The van der Waals surface area contributed by atoms with Gasteiger partial charge in [0.1, 0.15) is 0 Å². The molecule has 0 spiro atoms. The summed E-state index contributed by atoms with van der Waals surface area (Å²) in [5.74, 6) is 0. The molecule has 0 unspecified atom stereocenters. The molecule has 0 radical (unpaired) electrons. The first-order valence-electron chi connectivity index (χ1n) is 9.83. The summed E-state index contributed by atoms with van der Waals surface area (Å²) < 4.78 is 0. The van der Waals surface area contributed by atoms with Crippen molar-refractivity contribution in [2.75, 3.05) is 5.73 Å². The third-order valence-electron chi connectivity index (χ3n) is 5.45. The zero-order chi connectivity index (χ0) is 19.6. The van der Waals surface area contributed by atoms with Crippen molar-refractivity contribution < 1.29 is 0 Å².